The van der Waals surface area contributed by atoms with Crippen molar-refractivity contribution in [3.63, 3.8) is 0 Å². The monoisotopic (exact) mass is 376 g/mol. The Morgan fingerprint density at radius 3 is 2.04 bits per heavy atom. The standard InChI is InChI=1S/C17H32N4O3.ClH/c1-14(2)12-17(24)21-10-8-20(9-11-21)16(23)6-4-3-5-7-19-15(22)13-18;/h14H,3-13,18H2,1-2H3,(H,19,22);1H. The molecule has 3 N–H and O–H groups in total. The molecule has 0 spiro atoms. The molecule has 1 aliphatic rings. The fraction of sp³-hybridized carbons (Fsp3) is 0.824. The summed E-state index contributed by atoms with van der Waals surface area (Å²) in [7, 11) is 0. The highest BCUT2D eigenvalue weighted by Gasteiger charge is 2.23. The predicted octanol–water partition coefficient (Wildman–Crippen LogP) is 0.760. The number of halogens is 1. The summed E-state index contributed by atoms with van der Waals surface area (Å²) < 4.78 is 0. The molecule has 0 aromatic rings. The number of hydrogen-bond donors (Lipinski definition) is 2. The average Bonchev–Trinajstić information content (AvgIpc) is 2.56. The van der Waals surface area contributed by atoms with E-state index in [1.54, 1.807) is 0 Å². The molecule has 0 aromatic carbocycles. The lowest BCUT2D eigenvalue weighted by Crippen LogP contribution is -2.50. The van der Waals surface area contributed by atoms with E-state index < -0.39 is 0 Å². The largest absolute Gasteiger partial charge is 0.355 e. The highest BCUT2D eigenvalue weighted by Crippen LogP contribution is 2.10. The average molecular weight is 377 g/mol. The number of unbranched alkanes of at least 4 members (excludes halogenated alkanes) is 2. The van der Waals surface area contributed by atoms with Crippen molar-refractivity contribution in [2.24, 2.45) is 11.7 Å². The van der Waals surface area contributed by atoms with Gasteiger partial charge in [0.05, 0.1) is 6.54 Å². The first kappa shape index (κ1) is 23.7. The van der Waals surface area contributed by atoms with Crippen LogP contribution < -0.4 is 11.1 Å². The van der Waals surface area contributed by atoms with Crippen LogP contribution >= 0.6 is 12.4 Å². The topological polar surface area (TPSA) is 95.7 Å². The summed E-state index contributed by atoms with van der Waals surface area (Å²) in [5.74, 6) is 0.580. The molecular formula is C17H33ClN4O3. The fourth-order valence-corrected chi connectivity index (χ4v) is 2.72. The van der Waals surface area contributed by atoms with E-state index in [2.05, 4.69) is 5.32 Å². The lowest BCUT2D eigenvalue weighted by atomic mass is 10.1. The van der Waals surface area contributed by atoms with E-state index in [1.165, 1.54) is 0 Å². The number of nitrogens with zero attached hydrogens (tertiary/aromatic N) is 2. The SMILES string of the molecule is CC(C)CC(=O)N1CCN(C(=O)CCCCCNC(=O)CN)CC1.Cl. The molecular weight excluding hydrogens is 344 g/mol. The minimum Gasteiger partial charge on any atom is -0.355 e. The van der Waals surface area contributed by atoms with E-state index in [0.717, 1.165) is 19.3 Å². The van der Waals surface area contributed by atoms with Gasteiger partial charge in [0.25, 0.3) is 0 Å². The number of nitrogens with one attached hydrogen (secondary N) is 1. The van der Waals surface area contributed by atoms with Crippen molar-refractivity contribution in [2.45, 2.75) is 46.0 Å². The molecule has 0 aromatic heterocycles. The highest BCUT2D eigenvalue weighted by atomic mass is 35.5. The highest BCUT2D eigenvalue weighted by molar-refractivity contribution is 5.85. The van der Waals surface area contributed by atoms with Gasteiger partial charge in [-0.15, -0.1) is 12.4 Å². The lowest BCUT2D eigenvalue weighted by Gasteiger charge is -2.35. The Morgan fingerprint density at radius 2 is 1.52 bits per heavy atom. The zero-order valence-corrected chi connectivity index (χ0v) is 16.3. The van der Waals surface area contributed by atoms with Gasteiger partial charge in [0.2, 0.25) is 17.7 Å². The van der Waals surface area contributed by atoms with Crippen molar-refractivity contribution in [3.05, 3.63) is 0 Å². The van der Waals surface area contributed by atoms with Crippen LogP contribution in [-0.2, 0) is 14.4 Å². The second kappa shape index (κ2) is 12.9. The van der Waals surface area contributed by atoms with Gasteiger partial charge in [-0.3, -0.25) is 14.4 Å². The van der Waals surface area contributed by atoms with Gasteiger partial charge in [-0.1, -0.05) is 20.3 Å². The zero-order chi connectivity index (χ0) is 17.9. The Kier molecular flexibility index (Phi) is 12.2. The molecule has 0 atom stereocenters. The van der Waals surface area contributed by atoms with Crippen LogP contribution in [0.25, 0.3) is 0 Å². The molecule has 146 valence electrons. The maximum atomic E-state index is 12.2. The molecule has 1 fully saturated rings. The Hall–Kier alpha value is -1.34. The van der Waals surface area contributed by atoms with Crippen LogP contribution in [0.1, 0.15) is 46.0 Å². The molecule has 0 bridgehead atoms. The number of piperazine rings is 1. The molecule has 25 heavy (non-hydrogen) atoms. The lowest BCUT2D eigenvalue weighted by molar-refractivity contribution is -0.140. The predicted molar refractivity (Wildman–Crippen MR) is 100 cm³/mol. The van der Waals surface area contributed by atoms with E-state index in [9.17, 15) is 14.4 Å². The maximum absolute atomic E-state index is 12.2. The summed E-state index contributed by atoms with van der Waals surface area (Å²) >= 11 is 0. The van der Waals surface area contributed by atoms with Gasteiger partial charge in [0.15, 0.2) is 0 Å². The third-order valence-corrected chi connectivity index (χ3v) is 4.14. The van der Waals surface area contributed by atoms with Crippen molar-refractivity contribution in [1.29, 1.82) is 0 Å². The van der Waals surface area contributed by atoms with Gasteiger partial charge in [-0.25, -0.2) is 0 Å². The number of carbonyl (C=O) groups excluding carboxylic acids is 3. The van der Waals surface area contributed by atoms with Crippen molar-refractivity contribution < 1.29 is 14.4 Å². The maximum Gasteiger partial charge on any atom is 0.233 e. The quantitative estimate of drug-likeness (QED) is 0.581. The molecule has 7 nitrogen and oxygen atoms in total. The Bertz CT molecular complexity index is 424. The van der Waals surface area contributed by atoms with Crippen LogP contribution in [0.3, 0.4) is 0 Å². The van der Waals surface area contributed by atoms with Crippen LogP contribution in [0.5, 0.6) is 0 Å². The second-order valence-corrected chi connectivity index (χ2v) is 6.72. The molecule has 1 heterocycles. The number of carbonyl (C=O) groups is 3. The first-order chi connectivity index (χ1) is 11.4. The first-order valence-corrected chi connectivity index (χ1v) is 8.96. The molecule has 0 aliphatic carbocycles. The molecule has 1 aliphatic heterocycles. The smallest absolute Gasteiger partial charge is 0.233 e. The molecule has 0 unspecified atom stereocenters. The molecule has 3 amide bonds. The van der Waals surface area contributed by atoms with E-state index in [1.807, 2.05) is 23.6 Å². The summed E-state index contributed by atoms with van der Waals surface area (Å²) in [4.78, 5) is 38.9. The van der Waals surface area contributed by atoms with Crippen LogP contribution in [-0.4, -0.2) is 66.8 Å². The van der Waals surface area contributed by atoms with Crippen molar-refractivity contribution in [2.75, 3.05) is 39.3 Å². The fourth-order valence-electron chi connectivity index (χ4n) is 2.72. The minimum absolute atomic E-state index is 0. The molecule has 0 saturated carbocycles. The normalized spacial score (nSPS) is 14.2. The zero-order valence-electron chi connectivity index (χ0n) is 15.5. The van der Waals surface area contributed by atoms with Gasteiger partial charge < -0.3 is 20.9 Å². The van der Waals surface area contributed by atoms with E-state index in [4.69, 9.17) is 5.73 Å². The van der Waals surface area contributed by atoms with E-state index in [-0.39, 0.29) is 36.7 Å². The summed E-state index contributed by atoms with van der Waals surface area (Å²) in [5.41, 5.74) is 5.20. The third kappa shape index (κ3) is 9.65. The van der Waals surface area contributed by atoms with Crippen molar-refractivity contribution in [1.82, 2.24) is 15.1 Å². The number of nitrogens with two attached hydrogens (primary N) is 1. The Labute approximate surface area is 157 Å². The van der Waals surface area contributed by atoms with Crippen LogP contribution in [0, 0.1) is 5.92 Å². The summed E-state index contributed by atoms with van der Waals surface area (Å²) in [6, 6.07) is 0. The number of rotatable bonds is 9. The van der Waals surface area contributed by atoms with Gasteiger partial charge in [0.1, 0.15) is 0 Å². The van der Waals surface area contributed by atoms with E-state index >= 15 is 0 Å². The summed E-state index contributed by atoms with van der Waals surface area (Å²) in [5, 5.41) is 2.72. The molecule has 1 saturated heterocycles. The second-order valence-electron chi connectivity index (χ2n) is 6.72. The Morgan fingerprint density at radius 1 is 0.960 bits per heavy atom. The van der Waals surface area contributed by atoms with Crippen molar-refractivity contribution >= 4 is 30.1 Å². The van der Waals surface area contributed by atoms with Crippen LogP contribution in [0.4, 0.5) is 0 Å². The molecule has 1 rings (SSSR count). The van der Waals surface area contributed by atoms with Crippen molar-refractivity contribution in [3.8, 4) is 0 Å². The number of amides is 3. The van der Waals surface area contributed by atoms with Gasteiger partial charge in [-0.05, 0) is 18.8 Å². The summed E-state index contributed by atoms with van der Waals surface area (Å²) in [6.45, 7) is 7.26. The number of hydrogen-bond acceptors (Lipinski definition) is 4. The van der Waals surface area contributed by atoms with E-state index in [0.29, 0.717) is 51.5 Å². The molecule has 8 heteroatoms. The van der Waals surface area contributed by atoms with Gasteiger partial charge >= 0.3 is 0 Å². The van der Waals surface area contributed by atoms with Gasteiger partial charge in [-0.2, -0.15) is 0 Å². The third-order valence-electron chi connectivity index (χ3n) is 4.14. The van der Waals surface area contributed by atoms with Crippen LogP contribution in [0.15, 0.2) is 0 Å². The minimum atomic E-state index is -0.143. The Balaban J connectivity index is 0.00000576. The summed E-state index contributed by atoms with van der Waals surface area (Å²) in [6.07, 6.45) is 3.70. The van der Waals surface area contributed by atoms with Crippen LogP contribution in [0.2, 0.25) is 0 Å². The first-order valence-electron chi connectivity index (χ1n) is 8.96. The molecule has 0 radical (unpaired) electrons. The van der Waals surface area contributed by atoms with Gasteiger partial charge in [0, 0.05) is 45.6 Å².